The monoisotopic (exact) mass is 300 g/mol. The van der Waals surface area contributed by atoms with Gasteiger partial charge >= 0.3 is 0 Å². The van der Waals surface area contributed by atoms with Crippen molar-refractivity contribution in [3.63, 3.8) is 0 Å². The smallest absolute Gasteiger partial charge is 0.209 e. The Kier molecular flexibility index (Phi) is 3.11. The summed E-state index contributed by atoms with van der Waals surface area (Å²) in [6.45, 7) is 1.67. The number of aryl methyl sites for hydroxylation is 1. The van der Waals surface area contributed by atoms with Crippen LogP contribution in [0.25, 0.3) is 0 Å². The van der Waals surface area contributed by atoms with Gasteiger partial charge in [-0.1, -0.05) is 20.4 Å². The lowest BCUT2D eigenvalue weighted by Crippen LogP contribution is -2.04. The summed E-state index contributed by atoms with van der Waals surface area (Å²) in [6, 6.07) is 4.25. The maximum atomic E-state index is 13.5. The molecule has 1 aromatic carbocycles. The van der Waals surface area contributed by atoms with Crippen LogP contribution in [0.3, 0.4) is 0 Å². The second kappa shape index (κ2) is 4.39. The van der Waals surface area contributed by atoms with Gasteiger partial charge in [-0.2, -0.15) is 0 Å². The number of rotatable bonds is 2. The lowest BCUT2D eigenvalue weighted by atomic mass is 10.1. The maximum absolute atomic E-state index is 13.5. The van der Waals surface area contributed by atoms with Crippen molar-refractivity contribution < 1.29 is 9.18 Å². The molecule has 1 heterocycles. The highest BCUT2D eigenvalue weighted by Gasteiger charge is 2.19. The van der Waals surface area contributed by atoms with Gasteiger partial charge in [0.05, 0.1) is 11.3 Å². The first kappa shape index (κ1) is 11.3. The van der Waals surface area contributed by atoms with Crippen LogP contribution in [0.15, 0.2) is 22.7 Å². The van der Waals surface area contributed by atoms with Crippen molar-refractivity contribution >= 4 is 33.2 Å². The summed E-state index contributed by atoms with van der Waals surface area (Å²) >= 11 is 4.17. The van der Waals surface area contributed by atoms with E-state index < -0.39 is 5.82 Å². The molecule has 0 aliphatic rings. The first-order valence-corrected chi connectivity index (χ1v) is 5.95. The highest BCUT2D eigenvalue weighted by Crippen LogP contribution is 2.21. The standard InChI is InChI=1S/C10H6BrFN2OS/c1-5-10(16-14-13-5)9(15)7-4-6(11)2-3-8(7)12/h2-4H,1H3. The van der Waals surface area contributed by atoms with Crippen LogP contribution in [0.5, 0.6) is 0 Å². The molecule has 0 saturated carbocycles. The molecule has 1 aromatic heterocycles. The van der Waals surface area contributed by atoms with Crippen LogP contribution < -0.4 is 0 Å². The number of nitrogens with zero attached hydrogens (tertiary/aromatic N) is 2. The minimum atomic E-state index is -0.541. The summed E-state index contributed by atoms with van der Waals surface area (Å²) in [4.78, 5) is 12.3. The van der Waals surface area contributed by atoms with Crippen LogP contribution >= 0.6 is 27.5 Å². The van der Waals surface area contributed by atoms with Crippen LogP contribution in [-0.2, 0) is 0 Å². The normalized spacial score (nSPS) is 10.4. The lowest BCUT2D eigenvalue weighted by molar-refractivity contribution is 0.103. The number of carbonyl (C=O) groups is 1. The molecule has 0 fully saturated rings. The van der Waals surface area contributed by atoms with Crippen LogP contribution in [0.4, 0.5) is 4.39 Å². The zero-order valence-electron chi connectivity index (χ0n) is 8.20. The van der Waals surface area contributed by atoms with Crippen LogP contribution in [-0.4, -0.2) is 15.4 Å². The third-order valence-corrected chi connectivity index (χ3v) is 3.35. The van der Waals surface area contributed by atoms with Gasteiger partial charge < -0.3 is 0 Å². The van der Waals surface area contributed by atoms with Gasteiger partial charge in [-0.05, 0) is 36.7 Å². The van der Waals surface area contributed by atoms with Crippen molar-refractivity contribution in [1.29, 1.82) is 0 Å². The van der Waals surface area contributed by atoms with Crippen LogP contribution in [0.1, 0.15) is 20.9 Å². The molecule has 3 nitrogen and oxygen atoms in total. The Morgan fingerprint density at radius 3 is 2.88 bits per heavy atom. The number of benzene rings is 1. The van der Waals surface area contributed by atoms with E-state index in [4.69, 9.17) is 0 Å². The molecule has 0 saturated heterocycles. The van der Waals surface area contributed by atoms with E-state index in [0.29, 0.717) is 15.0 Å². The Morgan fingerprint density at radius 2 is 2.25 bits per heavy atom. The summed E-state index contributed by atoms with van der Waals surface area (Å²) in [5.74, 6) is -0.924. The molecule has 0 bridgehead atoms. The van der Waals surface area contributed by atoms with Crippen LogP contribution in [0.2, 0.25) is 0 Å². The predicted octanol–water partition coefficient (Wildman–Crippen LogP) is 2.98. The van der Waals surface area contributed by atoms with Gasteiger partial charge in [-0.15, -0.1) is 5.10 Å². The first-order chi connectivity index (χ1) is 7.59. The fraction of sp³-hybridized carbons (Fsp3) is 0.100. The van der Waals surface area contributed by atoms with E-state index in [2.05, 4.69) is 25.5 Å². The van der Waals surface area contributed by atoms with E-state index in [0.717, 1.165) is 11.5 Å². The van der Waals surface area contributed by atoms with Crippen molar-refractivity contribution in [3.05, 3.63) is 44.6 Å². The van der Waals surface area contributed by atoms with Crippen molar-refractivity contribution in [3.8, 4) is 0 Å². The summed E-state index contributed by atoms with van der Waals surface area (Å²) in [5.41, 5.74) is 0.554. The summed E-state index contributed by atoms with van der Waals surface area (Å²) < 4.78 is 17.8. The second-order valence-corrected chi connectivity index (χ2v) is 4.81. The molecule has 6 heteroatoms. The summed E-state index contributed by atoms with van der Waals surface area (Å²) in [5, 5.41) is 3.73. The fourth-order valence-electron chi connectivity index (χ4n) is 1.23. The molecule has 2 aromatic rings. The Labute approximate surface area is 104 Å². The van der Waals surface area contributed by atoms with Gasteiger partial charge in [0.2, 0.25) is 5.78 Å². The molecule has 0 radical (unpaired) electrons. The van der Waals surface area contributed by atoms with E-state index in [-0.39, 0.29) is 11.3 Å². The van der Waals surface area contributed by atoms with Crippen molar-refractivity contribution in [1.82, 2.24) is 9.59 Å². The van der Waals surface area contributed by atoms with E-state index in [1.54, 1.807) is 13.0 Å². The summed E-state index contributed by atoms with van der Waals surface area (Å²) in [7, 11) is 0. The molecular formula is C10H6BrFN2OS. The average Bonchev–Trinajstić information content (AvgIpc) is 2.67. The topological polar surface area (TPSA) is 42.9 Å². The van der Waals surface area contributed by atoms with Gasteiger partial charge in [0.1, 0.15) is 10.7 Å². The van der Waals surface area contributed by atoms with Gasteiger partial charge in [-0.25, -0.2) is 4.39 Å². The number of carbonyl (C=O) groups excluding carboxylic acids is 1. The van der Waals surface area contributed by atoms with Gasteiger partial charge in [0.25, 0.3) is 0 Å². The van der Waals surface area contributed by atoms with E-state index >= 15 is 0 Å². The molecule has 0 atom stereocenters. The van der Waals surface area contributed by atoms with Crippen LogP contribution in [0, 0.1) is 12.7 Å². The van der Waals surface area contributed by atoms with Crippen molar-refractivity contribution in [2.45, 2.75) is 6.92 Å². The Morgan fingerprint density at radius 1 is 1.50 bits per heavy atom. The van der Waals surface area contributed by atoms with Gasteiger partial charge in [0.15, 0.2) is 0 Å². The minimum absolute atomic E-state index is 0.0310. The van der Waals surface area contributed by atoms with Crippen molar-refractivity contribution in [2.75, 3.05) is 0 Å². The first-order valence-electron chi connectivity index (χ1n) is 4.38. The molecule has 0 N–H and O–H groups in total. The minimum Gasteiger partial charge on any atom is -0.287 e. The number of hydrogen-bond donors (Lipinski definition) is 0. The summed E-state index contributed by atoms with van der Waals surface area (Å²) in [6.07, 6.45) is 0. The molecule has 0 aliphatic carbocycles. The number of halogens is 2. The molecule has 2 rings (SSSR count). The molecule has 0 unspecified atom stereocenters. The third-order valence-electron chi connectivity index (χ3n) is 2.03. The lowest BCUT2D eigenvalue weighted by Gasteiger charge is -2.01. The average molecular weight is 301 g/mol. The molecular weight excluding hydrogens is 295 g/mol. The highest BCUT2D eigenvalue weighted by atomic mass is 79.9. The molecule has 0 amide bonds. The van der Waals surface area contributed by atoms with Crippen molar-refractivity contribution in [2.24, 2.45) is 0 Å². The Balaban J connectivity index is 2.49. The predicted molar refractivity (Wildman–Crippen MR) is 62.2 cm³/mol. The molecule has 16 heavy (non-hydrogen) atoms. The number of aromatic nitrogens is 2. The molecule has 0 spiro atoms. The zero-order chi connectivity index (χ0) is 11.7. The highest BCUT2D eigenvalue weighted by molar-refractivity contribution is 9.10. The largest absolute Gasteiger partial charge is 0.287 e. The zero-order valence-corrected chi connectivity index (χ0v) is 10.6. The Bertz CT molecular complexity index is 556. The van der Waals surface area contributed by atoms with E-state index in [9.17, 15) is 9.18 Å². The fourth-order valence-corrected chi connectivity index (χ4v) is 2.21. The second-order valence-electron chi connectivity index (χ2n) is 3.14. The molecule has 0 aliphatic heterocycles. The number of ketones is 1. The number of hydrogen-bond acceptors (Lipinski definition) is 4. The van der Waals surface area contributed by atoms with Gasteiger partial charge in [0, 0.05) is 4.47 Å². The molecule has 82 valence electrons. The third kappa shape index (κ3) is 2.03. The SMILES string of the molecule is Cc1nnsc1C(=O)c1cc(Br)ccc1F. The Hall–Kier alpha value is -1.14. The van der Waals surface area contributed by atoms with E-state index in [1.165, 1.54) is 12.1 Å². The maximum Gasteiger partial charge on any atom is 0.209 e. The van der Waals surface area contributed by atoms with E-state index in [1.807, 2.05) is 0 Å². The van der Waals surface area contributed by atoms with Gasteiger partial charge in [-0.3, -0.25) is 4.79 Å². The quantitative estimate of drug-likeness (QED) is 0.801.